The standard InChI is InChI=1S/C30H29BrF2N2O2/c1-35(2)17-16-30(36,25-10-7-11-26(32)28(25)33)27(21-8-5-4-6-9-21)24-18-22(19-34-29(24)37-3)20-12-14-23(31)15-13-20/h4-15,18-19,27,36H,16-17H2,1-3H3. The first-order valence-electron chi connectivity index (χ1n) is 11.9. The summed E-state index contributed by atoms with van der Waals surface area (Å²) in [4.78, 5) is 6.46. The topological polar surface area (TPSA) is 45.6 Å². The zero-order valence-corrected chi connectivity index (χ0v) is 22.5. The van der Waals surface area contributed by atoms with Crippen LogP contribution in [0.25, 0.3) is 11.1 Å². The van der Waals surface area contributed by atoms with Crippen molar-refractivity contribution in [2.75, 3.05) is 27.7 Å². The third kappa shape index (κ3) is 5.74. The zero-order chi connectivity index (χ0) is 26.6. The Bertz CT molecular complexity index is 1350. The van der Waals surface area contributed by atoms with Crippen molar-refractivity contribution < 1.29 is 18.6 Å². The van der Waals surface area contributed by atoms with Crippen LogP contribution in [-0.2, 0) is 5.60 Å². The fourth-order valence-corrected chi connectivity index (χ4v) is 4.94. The molecule has 1 heterocycles. The van der Waals surface area contributed by atoms with Gasteiger partial charge in [-0.25, -0.2) is 13.8 Å². The predicted octanol–water partition coefficient (Wildman–Crippen LogP) is 6.77. The third-order valence-electron chi connectivity index (χ3n) is 6.53. The van der Waals surface area contributed by atoms with Crippen LogP contribution in [0.15, 0.2) is 89.5 Å². The minimum absolute atomic E-state index is 0.112. The molecule has 0 aliphatic carbocycles. The van der Waals surface area contributed by atoms with E-state index in [1.54, 1.807) is 6.20 Å². The first kappa shape index (κ1) is 26.9. The fourth-order valence-electron chi connectivity index (χ4n) is 4.67. The number of methoxy groups -OCH3 is 1. The molecule has 2 atom stereocenters. The third-order valence-corrected chi connectivity index (χ3v) is 7.06. The monoisotopic (exact) mass is 566 g/mol. The number of pyridine rings is 1. The molecule has 0 bridgehead atoms. The van der Waals surface area contributed by atoms with E-state index in [1.165, 1.54) is 19.2 Å². The summed E-state index contributed by atoms with van der Waals surface area (Å²) in [6, 6.07) is 22.9. The number of hydrogen-bond donors (Lipinski definition) is 1. The summed E-state index contributed by atoms with van der Waals surface area (Å²) in [5.74, 6) is -2.60. The SMILES string of the molecule is COc1ncc(-c2ccc(Br)cc2)cc1C(c1ccccc1)C(O)(CCN(C)C)c1cccc(F)c1F. The quantitative estimate of drug-likeness (QED) is 0.243. The van der Waals surface area contributed by atoms with Gasteiger partial charge in [0.1, 0.15) is 5.60 Å². The minimum Gasteiger partial charge on any atom is -0.481 e. The number of aliphatic hydroxyl groups is 1. The maximum Gasteiger partial charge on any atom is 0.217 e. The Kier molecular flexibility index (Phi) is 8.37. The summed E-state index contributed by atoms with van der Waals surface area (Å²) in [7, 11) is 5.25. The highest BCUT2D eigenvalue weighted by Gasteiger charge is 2.44. The van der Waals surface area contributed by atoms with Crippen LogP contribution < -0.4 is 4.74 Å². The molecule has 37 heavy (non-hydrogen) atoms. The molecule has 0 fully saturated rings. The molecule has 0 aliphatic heterocycles. The van der Waals surface area contributed by atoms with Crippen LogP contribution in [0.5, 0.6) is 5.88 Å². The van der Waals surface area contributed by atoms with Gasteiger partial charge >= 0.3 is 0 Å². The van der Waals surface area contributed by atoms with Crippen molar-refractivity contribution in [1.82, 2.24) is 9.88 Å². The molecule has 0 spiro atoms. The molecule has 3 aromatic carbocycles. The molecule has 4 nitrogen and oxygen atoms in total. The van der Waals surface area contributed by atoms with Gasteiger partial charge in [0.2, 0.25) is 5.88 Å². The van der Waals surface area contributed by atoms with Gasteiger partial charge < -0.3 is 14.7 Å². The second-order valence-corrected chi connectivity index (χ2v) is 10.2. The van der Waals surface area contributed by atoms with Crippen LogP contribution in [0.3, 0.4) is 0 Å². The molecule has 2 unspecified atom stereocenters. The first-order valence-corrected chi connectivity index (χ1v) is 12.7. The van der Waals surface area contributed by atoms with Crippen molar-refractivity contribution in [3.8, 4) is 17.0 Å². The van der Waals surface area contributed by atoms with Crippen LogP contribution in [0, 0.1) is 11.6 Å². The van der Waals surface area contributed by atoms with Gasteiger partial charge in [0.05, 0.1) is 7.11 Å². The highest BCUT2D eigenvalue weighted by molar-refractivity contribution is 9.10. The molecular weight excluding hydrogens is 538 g/mol. The lowest BCUT2D eigenvalue weighted by atomic mass is 9.71. The number of aromatic nitrogens is 1. The zero-order valence-electron chi connectivity index (χ0n) is 21.0. The van der Waals surface area contributed by atoms with Crippen molar-refractivity contribution >= 4 is 15.9 Å². The molecule has 1 N–H and O–H groups in total. The molecule has 0 saturated heterocycles. The van der Waals surface area contributed by atoms with E-state index in [0.29, 0.717) is 18.0 Å². The Labute approximate surface area is 224 Å². The molecule has 192 valence electrons. The number of halogens is 3. The van der Waals surface area contributed by atoms with Crippen LogP contribution in [0.4, 0.5) is 8.78 Å². The van der Waals surface area contributed by atoms with E-state index < -0.39 is 23.2 Å². The Hall–Kier alpha value is -3.13. The average molecular weight is 567 g/mol. The lowest BCUT2D eigenvalue weighted by Crippen LogP contribution is -2.38. The maximum absolute atomic E-state index is 15.4. The lowest BCUT2D eigenvalue weighted by molar-refractivity contribution is 0.0000423. The van der Waals surface area contributed by atoms with E-state index in [9.17, 15) is 9.50 Å². The molecular formula is C30H29BrF2N2O2. The molecule has 0 aliphatic rings. The van der Waals surface area contributed by atoms with Crippen molar-refractivity contribution in [3.63, 3.8) is 0 Å². The summed E-state index contributed by atoms with van der Waals surface area (Å²) in [5.41, 5.74) is 1.07. The number of benzene rings is 3. The summed E-state index contributed by atoms with van der Waals surface area (Å²) in [6.07, 6.45) is 1.83. The largest absolute Gasteiger partial charge is 0.481 e. The molecule has 4 aromatic rings. The Morgan fingerprint density at radius 1 is 0.973 bits per heavy atom. The van der Waals surface area contributed by atoms with E-state index in [1.807, 2.05) is 79.7 Å². The van der Waals surface area contributed by atoms with Crippen molar-refractivity contribution in [1.29, 1.82) is 0 Å². The van der Waals surface area contributed by atoms with Gasteiger partial charge in [-0.3, -0.25) is 0 Å². The highest BCUT2D eigenvalue weighted by Crippen LogP contribution is 2.48. The summed E-state index contributed by atoms with van der Waals surface area (Å²) in [5, 5.41) is 12.5. The summed E-state index contributed by atoms with van der Waals surface area (Å²) in [6.45, 7) is 0.429. The highest BCUT2D eigenvalue weighted by atomic mass is 79.9. The average Bonchev–Trinajstić information content (AvgIpc) is 2.90. The van der Waals surface area contributed by atoms with Gasteiger partial charge in [-0.05, 0) is 55.9 Å². The second kappa shape index (κ2) is 11.5. The van der Waals surface area contributed by atoms with E-state index >= 15 is 4.39 Å². The minimum atomic E-state index is -1.83. The lowest BCUT2D eigenvalue weighted by Gasteiger charge is -2.39. The smallest absolute Gasteiger partial charge is 0.217 e. The number of hydrogen-bond acceptors (Lipinski definition) is 4. The van der Waals surface area contributed by atoms with E-state index in [4.69, 9.17) is 4.74 Å². The molecule has 0 saturated carbocycles. The molecule has 0 radical (unpaired) electrons. The Morgan fingerprint density at radius 3 is 2.32 bits per heavy atom. The molecule has 4 rings (SSSR count). The molecule has 1 aromatic heterocycles. The van der Waals surface area contributed by atoms with Crippen LogP contribution in [-0.4, -0.2) is 42.7 Å². The van der Waals surface area contributed by atoms with Crippen molar-refractivity contribution in [2.24, 2.45) is 0 Å². The number of nitrogens with zero attached hydrogens (tertiary/aromatic N) is 2. The van der Waals surface area contributed by atoms with Crippen LogP contribution in [0.1, 0.15) is 29.0 Å². The second-order valence-electron chi connectivity index (χ2n) is 9.25. The predicted molar refractivity (Wildman–Crippen MR) is 146 cm³/mol. The fraction of sp³-hybridized carbons (Fsp3) is 0.233. The molecule has 0 amide bonds. The maximum atomic E-state index is 15.4. The van der Waals surface area contributed by atoms with Gasteiger partial charge in [0, 0.05) is 39.8 Å². The Morgan fingerprint density at radius 2 is 1.68 bits per heavy atom. The van der Waals surface area contributed by atoms with Gasteiger partial charge in [-0.15, -0.1) is 0 Å². The number of rotatable bonds is 9. The van der Waals surface area contributed by atoms with Crippen LogP contribution >= 0.6 is 15.9 Å². The van der Waals surface area contributed by atoms with E-state index in [2.05, 4.69) is 20.9 Å². The van der Waals surface area contributed by atoms with Gasteiger partial charge in [0.25, 0.3) is 0 Å². The number of ether oxygens (including phenoxy) is 1. The van der Waals surface area contributed by atoms with Gasteiger partial charge in [-0.2, -0.15) is 0 Å². The van der Waals surface area contributed by atoms with Gasteiger partial charge in [-0.1, -0.05) is 70.5 Å². The van der Waals surface area contributed by atoms with E-state index in [-0.39, 0.29) is 12.0 Å². The van der Waals surface area contributed by atoms with Crippen molar-refractivity contribution in [3.05, 3.63) is 118 Å². The summed E-state index contributed by atoms with van der Waals surface area (Å²) >= 11 is 3.46. The normalized spacial score (nSPS) is 13.8. The Balaban J connectivity index is 2.01. The first-order chi connectivity index (χ1) is 17.7. The van der Waals surface area contributed by atoms with Crippen molar-refractivity contribution in [2.45, 2.75) is 17.9 Å². The molecule has 7 heteroatoms. The van der Waals surface area contributed by atoms with Gasteiger partial charge in [0.15, 0.2) is 11.6 Å². The van der Waals surface area contributed by atoms with E-state index in [0.717, 1.165) is 27.2 Å². The summed E-state index contributed by atoms with van der Waals surface area (Å²) < 4.78 is 36.5. The van der Waals surface area contributed by atoms with Crippen LogP contribution in [0.2, 0.25) is 0 Å².